The van der Waals surface area contributed by atoms with E-state index in [9.17, 15) is 0 Å². The first-order chi connectivity index (χ1) is 9.09. The molecule has 0 saturated heterocycles. The molecule has 0 radical (unpaired) electrons. The van der Waals surface area contributed by atoms with Crippen molar-refractivity contribution in [1.29, 1.82) is 0 Å². The molecule has 19 heavy (non-hydrogen) atoms. The van der Waals surface area contributed by atoms with Gasteiger partial charge in [-0.1, -0.05) is 13.0 Å². The predicted octanol–water partition coefficient (Wildman–Crippen LogP) is 5.62. The van der Waals surface area contributed by atoms with Crippen molar-refractivity contribution in [3.05, 3.63) is 72.3 Å². The van der Waals surface area contributed by atoms with Crippen molar-refractivity contribution in [2.45, 2.75) is 6.92 Å². The fraction of sp³-hybridized carbons (Fsp3) is 0.0625. The van der Waals surface area contributed by atoms with Gasteiger partial charge >= 0.3 is 38.7 Å². The van der Waals surface area contributed by atoms with Crippen LogP contribution in [0, 0.1) is 6.92 Å². The quantitative estimate of drug-likeness (QED) is 0.371. The van der Waals surface area contributed by atoms with Crippen molar-refractivity contribution in [1.82, 2.24) is 0 Å². The Bertz CT molecular complexity index is 560. The maximum atomic E-state index is 5.10. The first kappa shape index (κ1) is 16.4. The monoisotopic (exact) mass is 326 g/mol. The Hall–Kier alpha value is -0.656. The summed E-state index contributed by atoms with van der Waals surface area (Å²) in [7, 11) is 10.2. The molecular formula is C16H16Cl2Ti-2. The van der Waals surface area contributed by atoms with Crippen LogP contribution < -0.4 is 0 Å². The molecule has 3 aromatic rings. The van der Waals surface area contributed by atoms with Gasteiger partial charge in [-0.25, -0.2) is 11.6 Å². The van der Waals surface area contributed by atoms with Gasteiger partial charge in [-0.05, 0) is 0 Å². The topological polar surface area (TPSA) is 0 Å². The number of benzene rings is 1. The van der Waals surface area contributed by atoms with Gasteiger partial charge in [0.1, 0.15) is 0 Å². The average Bonchev–Trinajstić information content (AvgIpc) is 2.99. The Morgan fingerprint density at radius 2 is 1.74 bits per heavy atom. The molecule has 0 aliphatic carbocycles. The van der Waals surface area contributed by atoms with Crippen LogP contribution in [-0.4, -0.2) is 4.82 Å². The van der Waals surface area contributed by atoms with Gasteiger partial charge in [0.2, 0.25) is 0 Å². The summed E-state index contributed by atoms with van der Waals surface area (Å²) in [5, 5.41) is 2.66. The average molecular weight is 327 g/mol. The SMILES string of the molecule is Cc1cc[cH-]c1.[CH2]=[Ti]([Cl])[Cl].c1ccc2[cH-]ccc2c1. The van der Waals surface area contributed by atoms with Gasteiger partial charge in [0.15, 0.2) is 0 Å². The van der Waals surface area contributed by atoms with Crippen LogP contribution in [0.15, 0.2) is 66.7 Å². The van der Waals surface area contributed by atoms with Crippen LogP contribution in [0.4, 0.5) is 0 Å². The molecule has 0 heterocycles. The Labute approximate surface area is 128 Å². The number of fused-ring (bicyclic) bond motifs is 1. The maximum Gasteiger partial charge on any atom is -0.0809 e. The van der Waals surface area contributed by atoms with Crippen molar-refractivity contribution >= 4 is 34.2 Å². The molecule has 0 unspecified atom stereocenters. The molecule has 0 amide bonds. The van der Waals surface area contributed by atoms with E-state index >= 15 is 0 Å². The zero-order valence-corrected chi connectivity index (χ0v) is 13.9. The Kier molecular flexibility index (Phi) is 8.01. The minimum absolute atomic E-state index is 1.33. The van der Waals surface area contributed by atoms with Gasteiger partial charge < -0.3 is 0 Å². The Morgan fingerprint density at radius 3 is 2.21 bits per heavy atom. The predicted molar refractivity (Wildman–Crippen MR) is 85.1 cm³/mol. The largest absolute Gasteiger partial charge is 0.168 e. The Balaban J connectivity index is 0.000000158. The number of hydrogen-bond acceptors (Lipinski definition) is 0. The summed E-state index contributed by atoms with van der Waals surface area (Å²) in [6.45, 7) is 2.08. The third-order valence-electron chi connectivity index (χ3n) is 2.38. The molecule has 3 aromatic carbocycles. The second-order valence-electron chi connectivity index (χ2n) is 3.96. The molecule has 0 bridgehead atoms. The second-order valence-corrected chi connectivity index (χ2v) is 9.57. The number of hydrogen-bond donors (Lipinski definition) is 0. The zero-order valence-electron chi connectivity index (χ0n) is 10.8. The molecular weight excluding hydrogens is 311 g/mol. The summed E-state index contributed by atoms with van der Waals surface area (Å²) in [6, 6.07) is 22.9. The summed E-state index contributed by atoms with van der Waals surface area (Å²) in [5.41, 5.74) is 1.34. The third-order valence-corrected chi connectivity index (χ3v) is 2.38. The van der Waals surface area contributed by atoms with Crippen molar-refractivity contribution < 1.29 is 15.3 Å². The smallest absolute Gasteiger partial charge is 0.0809 e. The molecule has 3 rings (SSSR count). The third kappa shape index (κ3) is 7.49. The van der Waals surface area contributed by atoms with E-state index in [0.29, 0.717) is 0 Å². The molecule has 0 saturated carbocycles. The van der Waals surface area contributed by atoms with E-state index in [4.69, 9.17) is 18.6 Å². The molecule has 0 aliphatic heterocycles. The Morgan fingerprint density at radius 1 is 1.05 bits per heavy atom. The van der Waals surface area contributed by atoms with Crippen molar-refractivity contribution in [3.8, 4) is 0 Å². The van der Waals surface area contributed by atoms with Gasteiger partial charge in [0, 0.05) is 0 Å². The molecule has 3 heteroatoms. The van der Waals surface area contributed by atoms with Crippen LogP contribution in [0.1, 0.15) is 5.56 Å². The van der Waals surface area contributed by atoms with Gasteiger partial charge in [-0.3, -0.25) is 0 Å². The fourth-order valence-corrected chi connectivity index (χ4v) is 1.54. The van der Waals surface area contributed by atoms with E-state index in [2.05, 4.69) is 66.3 Å². The maximum absolute atomic E-state index is 5.10. The van der Waals surface area contributed by atoms with E-state index < -0.39 is 15.3 Å². The van der Waals surface area contributed by atoms with Crippen molar-refractivity contribution in [3.63, 3.8) is 0 Å². The molecule has 0 fully saturated rings. The van der Waals surface area contributed by atoms with E-state index in [1.165, 1.54) is 16.3 Å². The molecule has 100 valence electrons. The number of aryl methyl sites for hydroxylation is 1. The molecule has 0 aromatic heterocycles. The van der Waals surface area contributed by atoms with Gasteiger partial charge in [-0.15, -0.1) is 29.7 Å². The zero-order chi connectivity index (χ0) is 14.1. The van der Waals surface area contributed by atoms with Crippen LogP contribution in [-0.2, 0) is 15.3 Å². The van der Waals surface area contributed by atoms with Crippen LogP contribution in [0.5, 0.6) is 0 Å². The minimum atomic E-state index is -1.64. The minimum Gasteiger partial charge on any atom is -0.168 e. The normalized spacial score (nSPS) is 9.00. The molecule has 0 atom stereocenters. The summed E-state index contributed by atoms with van der Waals surface area (Å²) >= 11 is -1.64. The van der Waals surface area contributed by atoms with E-state index in [-0.39, 0.29) is 0 Å². The van der Waals surface area contributed by atoms with Crippen LogP contribution in [0.3, 0.4) is 0 Å². The van der Waals surface area contributed by atoms with Crippen LogP contribution in [0.25, 0.3) is 10.8 Å². The first-order valence-electron chi connectivity index (χ1n) is 5.88. The second kappa shape index (κ2) is 9.28. The number of rotatable bonds is 0. The molecule has 0 aliphatic rings. The molecule has 0 nitrogen and oxygen atoms in total. The van der Waals surface area contributed by atoms with Crippen LogP contribution in [0.2, 0.25) is 0 Å². The number of halogens is 2. The summed E-state index contributed by atoms with van der Waals surface area (Å²) in [4.78, 5) is 3.34. The summed E-state index contributed by atoms with van der Waals surface area (Å²) < 4.78 is 0. The fourth-order valence-electron chi connectivity index (χ4n) is 1.54. The van der Waals surface area contributed by atoms with Gasteiger partial charge in [0.25, 0.3) is 0 Å². The van der Waals surface area contributed by atoms with Crippen molar-refractivity contribution in [2.75, 3.05) is 0 Å². The standard InChI is InChI=1S/C9H7.C6H7.CH2.2ClH.Ti/c1-2-5-9-7-3-6-8(9)4-1;1-6-4-2-3-5-6;;;;/h1-7H;2-5H,1H3;1H2;2*1H;/q2*-1;;;;+2/p-2. The van der Waals surface area contributed by atoms with E-state index in [0.717, 1.165) is 0 Å². The summed E-state index contributed by atoms with van der Waals surface area (Å²) in [6.07, 6.45) is 0. The van der Waals surface area contributed by atoms with Crippen molar-refractivity contribution in [2.24, 2.45) is 0 Å². The van der Waals surface area contributed by atoms with E-state index in [1.54, 1.807) is 0 Å². The van der Waals surface area contributed by atoms with E-state index in [1.807, 2.05) is 12.1 Å². The molecule has 0 N–H and O–H groups in total. The summed E-state index contributed by atoms with van der Waals surface area (Å²) in [5.74, 6) is 0. The first-order valence-corrected chi connectivity index (χ1v) is 11.3. The van der Waals surface area contributed by atoms with Gasteiger partial charge in [-0.2, -0.15) is 35.7 Å². The van der Waals surface area contributed by atoms with Crippen LogP contribution >= 0.6 is 18.6 Å². The molecule has 0 spiro atoms. The van der Waals surface area contributed by atoms with Gasteiger partial charge in [0.05, 0.1) is 0 Å².